The number of pyridine rings is 1. The molecule has 0 amide bonds. The number of H-pyrrole nitrogens is 1. The number of anilines is 1. The van der Waals surface area contributed by atoms with Gasteiger partial charge in [0.1, 0.15) is 28.5 Å². The van der Waals surface area contributed by atoms with E-state index in [-0.39, 0.29) is 11.4 Å². The Bertz CT molecular complexity index is 1460. The van der Waals surface area contributed by atoms with E-state index in [1.165, 1.54) is 10.7 Å². The second-order valence-electron chi connectivity index (χ2n) is 8.39. The fourth-order valence-electron chi connectivity index (χ4n) is 3.98. The molecule has 0 aliphatic heterocycles. The largest absolute Gasteiger partial charge is 0.478 e. The molecule has 1 aliphatic carbocycles. The average Bonchev–Trinajstić information content (AvgIpc) is 3.45. The molecule has 0 saturated heterocycles. The number of fused-ring (bicyclic) bond motifs is 1. The number of rotatable bonds is 5. The normalized spacial score (nSPS) is 13.3. The summed E-state index contributed by atoms with van der Waals surface area (Å²) in [6, 6.07) is 6.29. The quantitative estimate of drug-likeness (QED) is 0.412. The van der Waals surface area contributed by atoms with Crippen molar-refractivity contribution >= 4 is 22.8 Å². The fraction of sp³-hybridized carbons (Fsp3) is 0.261. The number of carboxylic acids is 1. The van der Waals surface area contributed by atoms with Crippen LogP contribution in [0, 0.1) is 25.6 Å². The number of aromatic nitrogens is 7. The van der Waals surface area contributed by atoms with E-state index in [1.807, 2.05) is 4.68 Å². The molecule has 0 aromatic carbocycles. The molecule has 5 rings (SSSR count). The van der Waals surface area contributed by atoms with Gasteiger partial charge in [-0.05, 0) is 50.8 Å². The maximum atomic E-state index is 13.5. The predicted octanol–water partition coefficient (Wildman–Crippen LogP) is 3.58. The Morgan fingerprint density at radius 3 is 2.68 bits per heavy atom. The molecule has 4 aromatic rings. The number of halogens is 1. The lowest BCUT2D eigenvalue weighted by molar-refractivity contribution is 0.0695. The highest BCUT2D eigenvalue weighted by Crippen LogP contribution is 2.33. The number of aromatic carboxylic acids is 1. The van der Waals surface area contributed by atoms with Crippen molar-refractivity contribution in [3.05, 3.63) is 59.4 Å². The van der Waals surface area contributed by atoms with Crippen molar-refractivity contribution in [2.45, 2.75) is 33.2 Å². The Kier molecular flexibility index (Phi) is 5.23. The third-order valence-electron chi connectivity index (χ3n) is 5.80. The molecule has 10 nitrogen and oxygen atoms in total. The zero-order valence-electron chi connectivity index (χ0n) is 18.7. The Balaban J connectivity index is 1.73. The molecule has 11 heteroatoms. The first-order valence-electron chi connectivity index (χ1n) is 10.8. The number of aromatic amines is 1. The summed E-state index contributed by atoms with van der Waals surface area (Å²) >= 11 is 0. The van der Waals surface area contributed by atoms with Gasteiger partial charge in [-0.2, -0.15) is 10.2 Å². The zero-order valence-corrected chi connectivity index (χ0v) is 18.7. The van der Waals surface area contributed by atoms with Gasteiger partial charge in [0.05, 0.1) is 23.3 Å². The van der Waals surface area contributed by atoms with Gasteiger partial charge in [0.2, 0.25) is 0 Å². The highest BCUT2D eigenvalue weighted by atomic mass is 19.1. The van der Waals surface area contributed by atoms with Crippen molar-refractivity contribution in [3.8, 4) is 17.2 Å². The Labute approximate surface area is 193 Å². The molecule has 0 radical (unpaired) electrons. The van der Waals surface area contributed by atoms with Crippen LogP contribution < -0.4 is 5.73 Å². The van der Waals surface area contributed by atoms with Gasteiger partial charge in [0, 0.05) is 24.2 Å². The molecule has 4 aromatic heterocycles. The summed E-state index contributed by atoms with van der Waals surface area (Å²) in [6.07, 6.45) is 5.01. The van der Waals surface area contributed by atoms with Crippen LogP contribution in [-0.2, 0) is 6.54 Å². The molecular weight excluding hydrogens is 439 g/mol. The van der Waals surface area contributed by atoms with E-state index in [9.17, 15) is 14.3 Å². The van der Waals surface area contributed by atoms with Crippen LogP contribution in [0.5, 0.6) is 0 Å². The molecule has 0 atom stereocenters. The summed E-state index contributed by atoms with van der Waals surface area (Å²) in [4.78, 5) is 23.5. The highest BCUT2D eigenvalue weighted by Gasteiger charge is 2.24. The molecule has 1 aliphatic rings. The predicted molar refractivity (Wildman–Crippen MR) is 123 cm³/mol. The third kappa shape index (κ3) is 3.96. The van der Waals surface area contributed by atoms with E-state index < -0.39 is 11.8 Å². The Morgan fingerprint density at radius 1 is 1.24 bits per heavy atom. The van der Waals surface area contributed by atoms with Crippen LogP contribution >= 0.6 is 0 Å². The van der Waals surface area contributed by atoms with Gasteiger partial charge in [-0.3, -0.25) is 4.98 Å². The Morgan fingerprint density at radius 2 is 2.03 bits per heavy atom. The molecule has 174 valence electrons. The topological polar surface area (TPSA) is 141 Å². The minimum Gasteiger partial charge on any atom is -0.478 e. The van der Waals surface area contributed by atoms with E-state index in [1.54, 1.807) is 38.2 Å². The molecule has 34 heavy (non-hydrogen) atoms. The van der Waals surface area contributed by atoms with Crippen molar-refractivity contribution in [2.75, 3.05) is 5.73 Å². The van der Waals surface area contributed by atoms with Gasteiger partial charge < -0.3 is 15.8 Å². The Hall–Kier alpha value is -4.28. The number of carboxylic acid groups (broad SMARTS) is 1. The molecule has 4 heterocycles. The maximum Gasteiger partial charge on any atom is 0.339 e. The van der Waals surface area contributed by atoms with Crippen LogP contribution in [0.15, 0.2) is 36.7 Å². The lowest BCUT2D eigenvalue weighted by Gasteiger charge is -2.03. The number of nitrogen functional groups attached to an aromatic ring is 1. The van der Waals surface area contributed by atoms with Crippen LogP contribution in [0.1, 0.15) is 34.6 Å². The smallest absolute Gasteiger partial charge is 0.339 e. The van der Waals surface area contributed by atoms with Gasteiger partial charge >= 0.3 is 5.97 Å². The molecule has 4 N–H and O–H groups in total. The molecular formula is C23H23FN8O2. The summed E-state index contributed by atoms with van der Waals surface area (Å²) in [5, 5.41) is 19.3. The number of nitrogens with two attached hydrogens (primary N) is 1. The van der Waals surface area contributed by atoms with E-state index in [4.69, 9.17) is 10.8 Å². The number of nitrogens with one attached hydrogen (secondary N) is 1. The first-order chi connectivity index (χ1) is 16.3. The summed E-state index contributed by atoms with van der Waals surface area (Å²) in [6.45, 7) is 4.01. The number of hydrogen-bond donors (Lipinski definition) is 3. The van der Waals surface area contributed by atoms with E-state index in [0.29, 0.717) is 52.1 Å². The molecule has 1 fully saturated rings. The summed E-state index contributed by atoms with van der Waals surface area (Å²) in [5.41, 5.74) is 9.05. The standard InChI is InChI=1S/C23H23FN8O2/c1-12-20(23(33)34)13(2)32(29-12)19-9-18(25)28-22-16(7-8-26-19)21(17-6-5-15(24)10-27-17)30-31(22)11-14-3-4-14/h5-10,14,28H,3-4,11,25H2,1-2H3,(H,33,34). The van der Waals surface area contributed by atoms with Crippen LogP contribution in [0.25, 0.3) is 28.2 Å². The number of aryl methyl sites for hydroxylation is 1. The average molecular weight is 462 g/mol. The van der Waals surface area contributed by atoms with Gasteiger partial charge in [-0.25, -0.2) is 23.5 Å². The van der Waals surface area contributed by atoms with Crippen molar-refractivity contribution in [1.82, 2.24) is 34.5 Å². The second kappa shape index (κ2) is 8.25. The van der Waals surface area contributed by atoms with Crippen LogP contribution in [0.2, 0.25) is 0 Å². The minimum atomic E-state index is -1.06. The monoisotopic (exact) mass is 462 g/mol. The number of nitrogens with zero attached hydrogens (tertiary/aromatic N) is 6. The van der Waals surface area contributed by atoms with Crippen molar-refractivity contribution in [2.24, 2.45) is 5.92 Å². The first kappa shape index (κ1) is 21.6. The van der Waals surface area contributed by atoms with Gasteiger partial charge in [0.15, 0.2) is 5.82 Å². The second-order valence-corrected chi connectivity index (χ2v) is 8.39. The number of hydrogen-bond acceptors (Lipinski definition) is 6. The van der Waals surface area contributed by atoms with Crippen LogP contribution in [0.4, 0.5) is 10.2 Å². The van der Waals surface area contributed by atoms with Gasteiger partial charge in [0.25, 0.3) is 0 Å². The molecule has 0 bridgehead atoms. The fourth-order valence-corrected chi connectivity index (χ4v) is 3.98. The van der Waals surface area contributed by atoms with Crippen LogP contribution in [-0.4, -0.2) is 45.6 Å². The highest BCUT2D eigenvalue weighted by molar-refractivity contribution is 5.91. The summed E-state index contributed by atoms with van der Waals surface area (Å²) in [5.74, 6) is -0.315. The van der Waals surface area contributed by atoms with Gasteiger partial charge in [-0.1, -0.05) is 0 Å². The molecule has 1 saturated carbocycles. The minimum absolute atomic E-state index is 0.125. The van der Waals surface area contributed by atoms with Crippen LogP contribution in [0.3, 0.4) is 0 Å². The van der Waals surface area contributed by atoms with Crippen molar-refractivity contribution < 1.29 is 14.3 Å². The number of carbonyl (C=O) groups is 1. The molecule has 0 spiro atoms. The SMILES string of the molecule is Cc1nn(-c2cc(N)[nH]c3c(ccn2)c(-c2ccc(F)cn2)nn3CC2CC2)c(C)c1C(=O)O. The molecule has 0 unspecified atom stereocenters. The third-order valence-corrected chi connectivity index (χ3v) is 5.80. The van der Waals surface area contributed by atoms with E-state index in [2.05, 4.69) is 20.1 Å². The zero-order chi connectivity index (χ0) is 24.0. The van der Waals surface area contributed by atoms with Crippen molar-refractivity contribution in [1.29, 1.82) is 0 Å². The van der Waals surface area contributed by atoms with Gasteiger partial charge in [-0.15, -0.1) is 0 Å². The van der Waals surface area contributed by atoms with Crippen molar-refractivity contribution in [3.63, 3.8) is 0 Å². The summed E-state index contributed by atoms with van der Waals surface area (Å²) < 4.78 is 16.8. The lowest BCUT2D eigenvalue weighted by Crippen LogP contribution is -2.05. The first-order valence-corrected chi connectivity index (χ1v) is 10.8. The van der Waals surface area contributed by atoms with E-state index >= 15 is 0 Å². The summed E-state index contributed by atoms with van der Waals surface area (Å²) in [7, 11) is 0. The maximum absolute atomic E-state index is 13.5. The van der Waals surface area contributed by atoms with E-state index in [0.717, 1.165) is 19.0 Å². The lowest BCUT2D eigenvalue weighted by atomic mass is 10.2.